The molecule has 19 heavy (non-hydrogen) atoms. The normalized spacial score (nSPS) is 21.3. The molecule has 0 spiro atoms. The number of nitrogens with one attached hydrogen (secondary N) is 1. The van der Waals surface area contributed by atoms with E-state index in [2.05, 4.69) is 5.32 Å². The Bertz CT molecular complexity index is 516. The molecule has 0 aliphatic carbocycles. The van der Waals surface area contributed by atoms with Crippen LogP contribution in [0.5, 0.6) is 11.5 Å². The fourth-order valence-corrected chi connectivity index (χ4v) is 3.00. The van der Waals surface area contributed by atoms with Crippen LogP contribution in [0.15, 0.2) is 12.1 Å². The summed E-state index contributed by atoms with van der Waals surface area (Å²) in [6.45, 7) is 1.49. The highest BCUT2D eigenvalue weighted by Crippen LogP contribution is 2.40. The minimum atomic E-state index is 0.0386. The summed E-state index contributed by atoms with van der Waals surface area (Å²) in [7, 11) is 3.28. The first-order valence-corrected chi connectivity index (χ1v) is 6.54. The topological polar surface area (TPSA) is 50.8 Å². The number of urea groups is 1. The van der Waals surface area contributed by atoms with Crippen molar-refractivity contribution in [3.05, 3.63) is 23.3 Å². The predicted molar refractivity (Wildman–Crippen MR) is 70.7 cm³/mol. The lowest BCUT2D eigenvalue weighted by molar-refractivity contribution is 0.148. The molecule has 1 aromatic rings. The van der Waals surface area contributed by atoms with Crippen LogP contribution >= 0.6 is 0 Å². The number of amides is 2. The van der Waals surface area contributed by atoms with E-state index in [0.29, 0.717) is 0 Å². The van der Waals surface area contributed by atoms with Gasteiger partial charge in [-0.15, -0.1) is 0 Å². The van der Waals surface area contributed by atoms with E-state index in [1.165, 1.54) is 11.1 Å². The number of carbonyl (C=O) groups is 1. The maximum Gasteiger partial charge on any atom is 0.317 e. The van der Waals surface area contributed by atoms with Crippen LogP contribution in [0.4, 0.5) is 4.79 Å². The van der Waals surface area contributed by atoms with Crippen LogP contribution in [0.2, 0.25) is 0 Å². The highest BCUT2D eigenvalue weighted by Gasteiger charge is 2.34. The zero-order chi connectivity index (χ0) is 13.4. The minimum Gasteiger partial charge on any atom is -0.493 e. The number of methoxy groups -OCH3 is 2. The maximum absolute atomic E-state index is 11.9. The van der Waals surface area contributed by atoms with E-state index < -0.39 is 0 Å². The summed E-state index contributed by atoms with van der Waals surface area (Å²) < 4.78 is 10.7. The third-order valence-corrected chi connectivity index (χ3v) is 3.96. The van der Waals surface area contributed by atoms with Gasteiger partial charge >= 0.3 is 6.03 Å². The van der Waals surface area contributed by atoms with Crippen molar-refractivity contribution in [2.75, 3.05) is 27.3 Å². The smallest absolute Gasteiger partial charge is 0.317 e. The van der Waals surface area contributed by atoms with Crippen molar-refractivity contribution in [3.8, 4) is 11.5 Å². The van der Waals surface area contributed by atoms with E-state index in [1.807, 2.05) is 17.0 Å². The summed E-state index contributed by atoms with van der Waals surface area (Å²) in [4.78, 5) is 13.8. The number of nitrogens with zero attached hydrogens (tertiary/aromatic N) is 1. The molecule has 1 fully saturated rings. The van der Waals surface area contributed by atoms with Gasteiger partial charge in [0.2, 0.25) is 0 Å². The molecule has 0 aromatic heterocycles. The molecule has 3 rings (SSSR count). The summed E-state index contributed by atoms with van der Waals surface area (Å²) in [5, 5.41) is 2.89. The first-order chi connectivity index (χ1) is 9.24. The third kappa shape index (κ3) is 1.89. The zero-order valence-corrected chi connectivity index (χ0v) is 11.2. The summed E-state index contributed by atoms with van der Waals surface area (Å²) in [6.07, 6.45) is 1.80. The van der Waals surface area contributed by atoms with Crippen molar-refractivity contribution < 1.29 is 14.3 Å². The van der Waals surface area contributed by atoms with Crippen LogP contribution in [-0.2, 0) is 6.42 Å². The number of rotatable bonds is 2. The Balaban J connectivity index is 2.04. The number of hydrogen-bond acceptors (Lipinski definition) is 3. The van der Waals surface area contributed by atoms with E-state index in [-0.39, 0.29) is 12.1 Å². The molecule has 5 heteroatoms. The van der Waals surface area contributed by atoms with Crippen LogP contribution in [0, 0.1) is 0 Å². The van der Waals surface area contributed by atoms with Crippen LogP contribution in [0.1, 0.15) is 23.6 Å². The van der Waals surface area contributed by atoms with Gasteiger partial charge in [-0.1, -0.05) is 0 Å². The molecule has 5 nitrogen and oxygen atoms in total. The largest absolute Gasteiger partial charge is 0.493 e. The summed E-state index contributed by atoms with van der Waals surface area (Å²) in [5.74, 6) is 1.49. The second kappa shape index (κ2) is 4.64. The van der Waals surface area contributed by atoms with Gasteiger partial charge in [0.15, 0.2) is 11.5 Å². The maximum atomic E-state index is 11.9. The third-order valence-electron chi connectivity index (χ3n) is 3.96. The summed E-state index contributed by atoms with van der Waals surface area (Å²) in [6, 6.07) is 4.26. The summed E-state index contributed by atoms with van der Waals surface area (Å²) in [5.41, 5.74) is 2.45. The van der Waals surface area contributed by atoms with Gasteiger partial charge in [-0.2, -0.15) is 0 Å². The van der Waals surface area contributed by atoms with Crippen molar-refractivity contribution in [2.45, 2.75) is 18.9 Å². The van der Waals surface area contributed by atoms with Crippen molar-refractivity contribution in [2.24, 2.45) is 0 Å². The van der Waals surface area contributed by atoms with E-state index in [0.717, 1.165) is 37.4 Å². The van der Waals surface area contributed by atoms with Crippen LogP contribution in [0.3, 0.4) is 0 Å². The lowest BCUT2D eigenvalue weighted by Gasteiger charge is -2.40. The van der Waals surface area contributed by atoms with Gasteiger partial charge in [0.1, 0.15) is 0 Å². The first-order valence-electron chi connectivity index (χ1n) is 6.54. The van der Waals surface area contributed by atoms with Crippen molar-refractivity contribution >= 4 is 6.03 Å². The van der Waals surface area contributed by atoms with Crippen molar-refractivity contribution in [1.29, 1.82) is 0 Å². The van der Waals surface area contributed by atoms with Gasteiger partial charge in [-0.3, -0.25) is 0 Å². The van der Waals surface area contributed by atoms with E-state index >= 15 is 0 Å². The molecule has 0 unspecified atom stereocenters. The molecule has 2 amide bonds. The highest BCUT2D eigenvalue weighted by molar-refractivity contribution is 5.76. The Labute approximate surface area is 112 Å². The number of benzene rings is 1. The predicted octanol–water partition coefficient (Wildman–Crippen LogP) is 1.72. The Hall–Kier alpha value is -1.91. The lowest BCUT2D eigenvalue weighted by atomic mass is 9.89. The fraction of sp³-hybridized carbons (Fsp3) is 0.500. The minimum absolute atomic E-state index is 0.0386. The monoisotopic (exact) mass is 262 g/mol. The fourth-order valence-electron chi connectivity index (χ4n) is 3.00. The molecule has 0 saturated carbocycles. The number of carbonyl (C=O) groups excluding carboxylic acids is 1. The molecule has 0 radical (unpaired) electrons. The number of ether oxygens (including phenoxy) is 2. The van der Waals surface area contributed by atoms with Gasteiger partial charge in [-0.25, -0.2) is 4.79 Å². The molecule has 1 atom stereocenters. The average molecular weight is 262 g/mol. The van der Waals surface area contributed by atoms with Gasteiger partial charge in [-0.05, 0) is 36.1 Å². The molecule has 2 aliphatic rings. The molecule has 0 bridgehead atoms. The Kier molecular flexibility index (Phi) is 2.97. The molecule has 1 N–H and O–H groups in total. The van der Waals surface area contributed by atoms with E-state index in [1.54, 1.807) is 14.2 Å². The van der Waals surface area contributed by atoms with Gasteiger partial charge in [0.25, 0.3) is 0 Å². The second-order valence-corrected chi connectivity index (χ2v) is 4.89. The quantitative estimate of drug-likeness (QED) is 0.883. The molecule has 102 valence electrons. The van der Waals surface area contributed by atoms with Crippen molar-refractivity contribution in [1.82, 2.24) is 10.2 Å². The average Bonchev–Trinajstić information content (AvgIpc) is 2.45. The Morgan fingerprint density at radius 1 is 1.26 bits per heavy atom. The molecular weight excluding hydrogens is 244 g/mol. The lowest BCUT2D eigenvalue weighted by Crippen LogP contribution is -2.50. The molecule has 2 heterocycles. The first kappa shape index (κ1) is 12.1. The van der Waals surface area contributed by atoms with Crippen LogP contribution in [0.25, 0.3) is 0 Å². The Morgan fingerprint density at radius 2 is 2.00 bits per heavy atom. The number of fused-ring (bicyclic) bond motifs is 3. The SMILES string of the molecule is COc1cc2c(cc1OC)[C@@H]1CCNC(=O)N1CC2. The Morgan fingerprint density at radius 3 is 2.74 bits per heavy atom. The molecule has 1 saturated heterocycles. The zero-order valence-electron chi connectivity index (χ0n) is 11.2. The second-order valence-electron chi connectivity index (χ2n) is 4.89. The molecular formula is C14H18N2O3. The summed E-state index contributed by atoms with van der Waals surface area (Å²) >= 11 is 0. The molecule has 2 aliphatic heterocycles. The van der Waals surface area contributed by atoms with Crippen molar-refractivity contribution in [3.63, 3.8) is 0 Å². The van der Waals surface area contributed by atoms with Crippen LogP contribution < -0.4 is 14.8 Å². The van der Waals surface area contributed by atoms with E-state index in [4.69, 9.17) is 9.47 Å². The highest BCUT2D eigenvalue weighted by atomic mass is 16.5. The van der Waals surface area contributed by atoms with E-state index in [9.17, 15) is 4.79 Å². The molecule has 1 aromatic carbocycles. The number of hydrogen-bond donors (Lipinski definition) is 1. The van der Waals surface area contributed by atoms with Crippen LogP contribution in [-0.4, -0.2) is 38.2 Å². The standard InChI is InChI=1S/C14H18N2O3/c1-18-12-7-9-4-6-16-11(3-5-15-14(16)17)10(9)8-13(12)19-2/h7-8,11H,3-6H2,1-2H3,(H,15,17)/t11-/m0/s1. The van der Waals surface area contributed by atoms with Gasteiger partial charge in [0.05, 0.1) is 20.3 Å². The van der Waals surface area contributed by atoms with Gasteiger partial charge in [0, 0.05) is 13.1 Å². The van der Waals surface area contributed by atoms with Gasteiger partial charge < -0.3 is 19.7 Å².